The number of carbonyl (C=O) groups excluding carboxylic acids is 3. The molecule has 0 aliphatic carbocycles. The molecule has 6 nitrogen and oxygen atoms in total. The highest BCUT2D eigenvalue weighted by atomic mass is 16.6. The van der Waals surface area contributed by atoms with Gasteiger partial charge in [-0.25, -0.2) is 0 Å². The van der Waals surface area contributed by atoms with Crippen molar-refractivity contribution in [1.29, 1.82) is 0 Å². The first-order valence-corrected chi connectivity index (χ1v) is 29.2. The number of hydrogen-bond acceptors (Lipinski definition) is 6. The largest absolute Gasteiger partial charge is 0.462 e. The fourth-order valence-corrected chi connectivity index (χ4v) is 8.85. The summed E-state index contributed by atoms with van der Waals surface area (Å²) in [5.41, 5.74) is 0. The summed E-state index contributed by atoms with van der Waals surface area (Å²) < 4.78 is 16.8. The minimum Gasteiger partial charge on any atom is -0.462 e. The molecule has 0 spiro atoms. The third-order valence-electron chi connectivity index (χ3n) is 13.3. The minimum absolute atomic E-state index is 0.0677. The number of carbonyl (C=O) groups is 3. The molecule has 1 atom stereocenters. The molecule has 0 aliphatic heterocycles. The highest BCUT2D eigenvalue weighted by molar-refractivity contribution is 5.71. The highest BCUT2D eigenvalue weighted by Crippen LogP contribution is 2.17. The molecule has 0 heterocycles. The molecule has 1 unspecified atom stereocenters. The SMILES string of the molecule is CCCCCCC/C=C\CCCCCCCC(=O)OC(COC(=O)CCCCCCCCCCCC)COC(=O)CCCCCCCCCCCCCCCCCCCCCCCCC. The van der Waals surface area contributed by atoms with Gasteiger partial charge in [-0.15, -0.1) is 0 Å². The second-order valence-electron chi connectivity index (χ2n) is 19.9. The summed E-state index contributed by atoms with van der Waals surface area (Å²) in [5.74, 6) is -0.856. The maximum atomic E-state index is 12.8. The van der Waals surface area contributed by atoms with E-state index in [4.69, 9.17) is 14.2 Å². The second kappa shape index (κ2) is 54.8. The zero-order chi connectivity index (χ0) is 47.2. The predicted molar refractivity (Wildman–Crippen MR) is 280 cm³/mol. The van der Waals surface area contributed by atoms with Crippen LogP contribution in [0.5, 0.6) is 0 Å². The highest BCUT2D eigenvalue weighted by Gasteiger charge is 2.19. The van der Waals surface area contributed by atoms with E-state index >= 15 is 0 Å². The fourth-order valence-electron chi connectivity index (χ4n) is 8.85. The van der Waals surface area contributed by atoms with Crippen molar-refractivity contribution in [1.82, 2.24) is 0 Å². The Morgan fingerprint density at radius 3 is 0.769 bits per heavy atom. The molecule has 0 fully saturated rings. The van der Waals surface area contributed by atoms with E-state index < -0.39 is 6.10 Å². The summed E-state index contributed by atoms with van der Waals surface area (Å²) in [4.78, 5) is 38.0. The molecule has 0 aromatic heterocycles. The first kappa shape index (κ1) is 63.1. The van der Waals surface area contributed by atoms with E-state index in [0.29, 0.717) is 19.3 Å². The average Bonchev–Trinajstić information content (AvgIpc) is 3.30. The van der Waals surface area contributed by atoms with Crippen LogP contribution >= 0.6 is 0 Å². The predicted octanol–water partition coefficient (Wildman–Crippen LogP) is 19.3. The van der Waals surface area contributed by atoms with Gasteiger partial charge in [0.1, 0.15) is 13.2 Å². The molecular formula is C59H112O6. The number of esters is 3. The summed E-state index contributed by atoms with van der Waals surface area (Å²) in [7, 11) is 0. The minimum atomic E-state index is -0.768. The Hall–Kier alpha value is -1.85. The molecule has 6 heteroatoms. The quantitative estimate of drug-likeness (QED) is 0.0262. The van der Waals surface area contributed by atoms with Crippen LogP contribution in [0, 0.1) is 0 Å². The van der Waals surface area contributed by atoms with Crippen molar-refractivity contribution < 1.29 is 28.6 Å². The summed E-state index contributed by atoms with van der Waals surface area (Å²) in [6.07, 6.45) is 62.2. The fraction of sp³-hybridized carbons (Fsp3) is 0.915. The van der Waals surface area contributed by atoms with Gasteiger partial charge in [0.05, 0.1) is 0 Å². The smallest absolute Gasteiger partial charge is 0.306 e. The first-order valence-electron chi connectivity index (χ1n) is 29.2. The van der Waals surface area contributed by atoms with Crippen molar-refractivity contribution in [2.24, 2.45) is 0 Å². The Balaban J connectivity index is 4.18. The van der Waals surface area contributed by atoms with E-state index in [0.717, 1.165) is 64.2 Å². The maximum Gasteiger partial charge on any atom is 0.306 e. The van der Waals surface area contributed by atoms with Crippen molar-refractivity contribution in [2.75, 3.05) is 13.2 Å². The Labute approximate surface area is 405 Å². The lowest BCUT2D eigenvalue weighted by Crippen LogP contribution is -2.30. The molecule has 65 heavy (non-hydrogen) atoms. The number of allylic oxidation sites excluding steroid dienone is 2. The third-order valence-corrected chi connectivity index (χ3v) is 13.3. The molecule has 0 amide bonds. The molecule has 0 saturated heterocycles. The summed E-state index contributed by atoms with van der Waals surface area (Å²) in [5, 5.41) is 0. The van der Waals surface area contributed by atoms with Crippen LogP contribution < -0.4 is 0 Å². The van der Waals surface area contributed by atoms with Gasteiger partial charge in [0.25, 0.3) is 0 Å². The Kier molecular flexibility index (Phi) is 53.2. The van der Waals surface area contributed by atoms with E-state index in [2.05, 4.69) is 32.9 Å². The average molecular weight is 918 g/mol. The Morgan fingerprint density at radius 1 is 0.292 bits per heavy atom. The summed E-state index contributed by atoms with van der Waals surface area (Å²) >= 11 is 0. The normalized spacial score (nSPS) is 12.0. The van der Waals surface area contributed by atoms with Crippen molar-refractivity contribution in [2.45, 2.75) is 335 Å². The Morgan fingerprint density at radius 2 is 0.508 bits per heavy atom. The van der Waals surface area contributed by atoms with Gasteiger partial charge in [-0.1, -0.05) is 277 Å². The van der Waals surface area contributed by atoms with Gasteiger partial charge in [-0.2, -0.15) is 0 Å². The lowest BCUT2D eigenvalue weighted by Gasteiger charge is -2.18. The lowest BCUT2D eigenvalue weighted by molar-refractivity contribution is -0.167. The molecule has 0 aromatic rings. The molecule has 384 valence electrons. The van der Waals surface area contributed by atoms with Crippen LogP contribution in [0.1, 0.15) is 329 Å². The summed E-state index contributed by atoms with van der Waals surface area (Å²) in [6, 6.07) is 0. The molecule has 0 aromatic carbocycles. The topological polar surface area (TPSA) is 78.9 Å². The third kappa shape index (κ3) is 53.0. The van der Waals surface area contributed by atoms with E-state index in [9.17, 15) is 14.4 Å². The zero-order valence-corrected chi connectivity index (χ0v) is 44.0. The van der Waals surface area contributed by atoms with Crippen molar-refractivity contribution >= 4 is 17.9 Å². The van der Waals surface area contributed by atoms with Crippen LogP contribution in [0.3, 0.4) is 0 Å². The van der Waals surface area contributed by atoms with E-state index in [-0.39, 0.29) is 31.1 Å². The van der Waals surface area contributed by atoms with Gasteiger partial charge in [0, 0.05) is 19.3 Å². The number of ether oxygens (including phenoxy) is 3. The number of unbranched alkanes of at least 4 members (excludes halogenated alkanes) is 41. The lowest BCUT2D eigenvalue weighted by atomic mass is 10.0. The molecule has 0 radical (unpaired) electrons. The number of rotatable bonds is 54. The van der Waals surface area contributed by atoms with Crippen LogP contribution in [0.25, 0.3) is 0 Å². The molecule has 0 aliphatic rings. The number of hydrogen-bond donors (Lipinski definition) is 0. The van der Waals surface area contributed by atoms with Crippen LogP contribution in [0.2, 0.25) is 0 Å². The van der Waals surface area contributed by atoms with Gasteiger partial charge >= 0.3 is 17.9 Å². The van der Waals surface area contributed by atoms with Gasteiger partial charge in [-0.05, 0) is 44.9 Å². The standard InChI is InChI=1S/C59H112O6/c1-4-7-10-13-16-19-22-24-26-27-28-29-30-31-32-33-34-36-37-40-43-46-49-52-58(61)64-55-56(54-63-57(60)51-48-45-42-39-21-18-15-12-9-6-3)65-59(62)53-50-47-44-41-38-35-25-23-20-17-14-11-8-5-2/h23,25,56H,4-22,24,26-55H2,1-3H3/b25-23-. The van der Waals surface area contributed by atoms with Crippen LogP contribution in [0.4, 0.5) is 0 Å². The second-order valence-corrected chi connectivity index (χ2v) is 19.9. The van der Waals surface area contributed by atoms with Crippen LogP contribution in [-0.2, 0) is 28.6 Å². The maximum absolute atomic E-state index is 12.8. The van der Waals surface area contributed by atoms with Gasteiger partial charge in [0.15, 0.2) is 6.10 Å². The summed E-state index contributed by atoms with van der Waals surface area (Å²) in [6.45, 7) is 6.66. The zero-order valence-electron chi connectivity index (χ0n) is 44.0. The van der Waals surface area contributed by atoms with Crippen molar-refractivity contribution in [3.05, 3.63) is 12.2 Å². The molecule has 0 bridgehead atoms. The van der Waals surface area contributed by atoms with Gasteiger partial charge in [0.2, 0.25) is 0 Å². The van der Waals surface area contributed by atoms with E-state index in [1.165, 1.54) is 225 Å². The van der Waals surface area contributed by atoms with Gasteiger partial charge in [-0.3, -0.25) is 14.4 Å². The van der Waals surface area contributed by atoms with E-state index in [1.54, 1.807) is 0 Å². The molecule has 0 N–H and O–H groups in total. The van der Waals surface area contributed by atoms with Crippen molar-refractivity contribution in [3.8, 4) is 0 Å². The Bertz CT molecular complexity index is 1010. The van der Waals surface area contributed by atoms with E-state index in [1.807, 2.05) is 0 Å². The monoisotopic (exact) mass is 917 g/mol. The van der Waals surface area contributed by atoms with Crippen LogP contribution in [-0.4, -0.2) is 37.2 Å². The molecular weight excluding hydrogens is 805 g/mol. The van der Waals surface area contributed by atoms with Crippen molar-refractivity contribution in [3.63, 3.8) is 0 Å². The first-order chi connectivity index (χ1) is 32.0. The molecule has 0 saturated carbocycles. The molecule has 0 rings (SSSR count). The van der Waals surface area contributed by atoms with Gasteiger partial charge < -0.3 is 14.2 Å². The van der Waals surface area contributed by atoms with Crippen LogP contribution in [0.15, 0.2) is 12.2 Å².